The Morgan fingerprint density at radius 3 is 2.56 bits per heavy atom. The van der Waals surface area contributed by atoms with Gasteiger partial charge < -0.3 is 14.5 Å². The van der Waals surface area contributed by atoms with E-state index in [0.29, 0.717) is 37.9 Å². The molecule has 4 rings (SSSR count). The Kier molecular flexibility index (Phi) is 4.04. The fourth-order valence-corrected chi connectivity index (χ4v) is 3.06. The number of carbonyl (C=O) groups excluding carboxylic acids is 1. The third-order valence-corrected chi connectivity index (χ3v) is 4.40. The Bertz CT molecular complexity index is 804. The molecule has 0 spiro atoms. The van der Waals surface area contributed by atoms with Gasteiger partial charge in [0, 0.05) is 31.4 Å². The van der Waals surface area contributed by atoms with E-state index in [4.69, 9.17) is 4.74 Å². The lowest BCUT2D eigenvalue weighted by Gasteiger charge is -2.26. The maximum absolute atomic E-state index is 13.9. The van der Waals surface area contributed by atoms with Crippen LogP contribution in [-0.2, 0) is 17.8 Å². The lowest BCUT2D eigenvalue weighted by molar-refractivity contribution is 0.0740. The van der Waals surface area contributed by atoms with Crippen LogP contribution in [0, 0.1) is 11.6 Å². The summed E-state index contributed by atoms with van der Waals surface area (Å²) in [6.45, 7) is 3.12. The minimum absolute atomic E-state index is 0.210. The number of halogens is 2. The maximum Gasteiger partial charge on any atom is 0.260 e. The van der Waals surface area contributed by atoms with Gasteiger partial charge >= 0.3 is 0 Å². The third kappa shape index (κ3) is 2.93. The van der Waals surface area contributed by atoms with Gasteiger partial charge in [-0.25, -0.2) is 18.7 Å². The van der Waals surface area contributed by atoms with Crippen molar-refractivity contribution in [1.82, 2.24) is 14.9 Å². The van der Waals surface area contributed by atoms with Crippen molar-refractivity contribution in [2.75, 3.05) is 31.2 Å². The van der Waals surface area contributed by atoms with Crippen LogP contribution >= 0.6 is 0 Å². The highest BCUT2D eigenvalue weighted by Crippen LogP contribution is 2.25. The normalized spacial score (nSPS) is 16.9. The van der Waals surface area contributed by atoms with Crippen LogP contribution in [0.1, 0.15) is 21.6 Å². The number of carbonyl (C=O) groups is 1. The number of hydrogen-bond donors (Lipinski definition) is 0. The molecule has 2 aliphatic rings. The number of rotatable bonds is 2. The molecule has 3 heterocycles. The summed E-state index contributed by atoms with van der Waals surface area (Å²) in [4.78, 5) is 24.8. The Morgan fingerprint density at radius 2 is 1.84 bits per heavy atom. The van der Waals surface area contributed by atoms with E-state index in [0.717, 1.165) is 17.7 Å². The molecule has 1 fully saturated rings. The van der Waals surface area contributed by atoms with E-state index in [9.17, 15) is 13.6 Å². The van der Waals surface area contributed by atoms with Crippen LogP contribution < -0.4 is 4.90 Å². The predicted octanol–water partition coefficient (Wildman–Crippen LogP) is 1.75. The van der Waals surface area contributed by atoms with Crippen LogP contribution in [0.3, 0.4) is 0 Å². The summed E-state index contributed by atoms with van der Waals surface area (Å²) in [5.41, 5.74) is 0.973. The topological polar surface area (TPSA) is 58.6 Å². The van der Waals surface area contributed by atoms with Gasteiger partial charge in [0.2, 0.25) is 5.95 Å². The van der Waals surface area contributed by atoms with Gasteiger partial charge in [-0.1, -0.05) is 6.07 Å². The Labute approximate surface area is 143 Å². The number of anilines is 1. The van der Waals surface area contributed by atoms with Crippen molar-refractivity contribution >= 4 is 11.9 Å². The lowest BCUT2D eigenvalue weighted by atomic mass is 10.1. The highest BCUT2D eigenvalue weighted by Gasteiger charge is 2.30. The molecule has 2 aliphatic heterocycles. The van der Waals surface area contributed by atoms with Gasteiger partial charge in [0.15, 0.2) is 0 Å². The maximum atomic E-state index is 13.9. The molecule has 0 radical (unpaired) electrons. The van der Waals surface area contributed by atoms with Gasteiger partial charge in [-0.05, 0) is 12.1 Å². The third-order valence-electron chi connectivity index (χ3n) is 4.40. The first kappa shape index (κ1) is 15.9. The largest absolute Gasteiger partial charge is 0.378 e. The molecular formula is C17H16F2N4O2. The van der Waals surface area contributed by atoms with Gasteiger partial charge in [-0.3, -0.25) is 4.79 Å². The van der Waals surface area contributed by atoms with E-state index in [2.05, 4.69) is 9.97 Å². The van der Waals surface area contributed by atoms with Crippen molar-refractivity contribution < 1.29 is 18.3 Å². The van der Waals surface area contributed by atoms with Gasteiger partial charge in [0.25, 0.3) is 5.91 Å². The number of hydrogen-bond acceptors (Lipinski definition) is 5. The average molecular weight is 346 g/mol. The van der Waals surface area contributed by atoms with E-state index in [1.807, 2.05) is 4.90 Å². The van der Waals surface area contributed by atoms with E-state index < -0.39 is 23.1 Å². The Hall–Kier alpha value is -2.61. The van der Waals surface area contributed by atoms with Gasteiger partial charge in [-0.2, -0.15) is 0 Å². The molecule has 0 atom stereocenters. The fraction of sp³-hybridized carbons (Fsp3) is 0.353. The highest BCUT2D eigenvalue weighted by molar-refractivity contribution is 5.95. The van der Waals surface area contributed by atoms with Crippen LogP contribution in [0.2, 0.25) is 0 Å². The van der Waals surface area contributed by atoms with Crippen molar-refractivity contribution in [2.24, 2.45) is 0 Å². The van der Waals surface area contributed by atoms with E-state index >= 15 is 0 Å². The molecule has 8 heteroatoms. The summed E-state index contributed by atoms with van der Waals surface area (Å²) in [6, 6.07) is 3.39. The number of fused-ring (bicyclic) bond motifs is 1. The second-order valence-electron chi connectivity index (χ2n) is 6.00. The van der Waals surface area contributed by atoms with Crippen molar-refractivity contribution in [3.8, 4) is 0 Å². The highest BCUT2D eigenvalue weighted by atomic mass is 19.1. The number of morpholine rings is 1. The van der Waals surface area contributed by atoms with Crippen molar-refractivity contribution in [1.29, 1.82) is 0 Å². The summed E-state index contributed by atoms with van der Waals surface area (Å²) >= 11 is 0. The zero-order valence-corrected chi connectivity index (χ0v) is 13.4. The lowest BCUT2D eigenvalue weighted by Crippen LogP contribution is -2.37. The molecule has 0 unspecified atom stereocenters. The first-order valence-electron chi connectivity index (χ1n) is 8.04. The molecular weight excluding hydrogens is 330 g/mol. The molecule has 2 aromatic rings. The molecule has 130 valence electrons. The van der Waals surface area contributed by atoms with Crippen molar-refractivity contribution in [3.05, 3.63) is 52.9 Å². The van der Waals surface area contributed by atoms with Crippen LogP contribution in [-0.4, -0.2) is 47.1 Å². The molecule has 1 aromatic carbocycles. The van der Waals surface area contributed by atoms with Crippen molar-refractivity contribution in [3.63, 3.8) is 0 Å². The quantitative estimate of drug-likeness (QED) is 0.829. The first-order chi connectivity index (χ1) is 12.1. The first-order valence-corrected chi connectivity index (χ1v) is 8.04. The minimum Gasteiger partial charge on any atom is -0.378 e. The Morgan fingerprint density at radius 1 is 1.12 bits per heavy atom. The zero-order chi connectivity index (χ0) is 17.4. The minimum atomic E-state index is -0.860. The average Bonchev–Trinajstić information content (AvgIpc) is 3.05. The molecule has 6 nitrogen and oxygen atoms in total. The zero-order valence-electron chi connectivity index (χ0n) is 13.4. The van der Waals surface area contributed by atoms with Crippen LogP contribution in [0.25, 0.3) is 0 Å². The van der Waals surface area contributed by atoms with E-state index in [-0.39, 0.29) is 13.1 Å². The van der Waals surface area contributed by atoms with Gasteiger partial charge in [0.05, 0.1) is 25.5 Å². The van der Waals surface area contributed by atoms with Crippen LogP contribution in [0.5, 0.6) is 0 Å². The second kappa shape index (κ2) is 6.36. The smallest absolute Gasteiger partial charge is 0.260 e. The fourth-order valence-electron chi connectivity index (χ4n) is 3.06. The monoisotopic (exact) mass is 346 g/mol. The molecule has 25 heavy (non-hydrogen) atoms. The number of amides is 1. The summed E-state index contributed by atoms with van der Waals surface area (Å²) in [7, 11) is 0. The Balaban J connectivity index is 1.56. The molecule has 0 saturated carbocycles. The number of benzene rings is 1. The summed E-state index contributed by atoms with van der Waals surface area (Å²) in [6.07, 6.45) is 1.68. The van der Waals surface area contributed by atoms with Crippen LogP contribution in [0.4, 0.5) is 14.7 Å². The van der Waals surface area contributed by atoms with Gasteiger partial charge in [-0.15, -0.1) is 0 Å². The van der Waals surface area contributed by atoms with Gasteiger partial charge in [0.1, 0.15) is 17.2 Å². The number of aromatic nitrogens is 2. The molecule has 0 bridgehead atoms. The molecule has 1 saturated heterocycles. The number of ether oxygens (including phenoxy) is 1. The SMILES string of the molecule is O=C(c1c(F)cccc1F)N1Cc2cnc(N3CCOCC3)nc2C1. The number of nitrogens with zero attached hydrogens (tertiary/aromatic N) is 4. The molecule has 1 aromatic heterocycles. The van der Waals surface area contributed by atoms with Crippen molar-refractivity contribution in [2.45, 2.75) is 13.1 Å². The molecule has 0 aliphatic carbocycles. The molecule has 0 N–H and O–H groups in total. The summed E-state index contributed by atoms with van der Waals surface area (Å²) in [5.74, 6) is -1.81. The second-order valence-corrected chi connectivity index (χ2v) is 6.00. The van der Waals surface area contributed by atoms with Crippen LogP contribution in [0.15, 0.2) is 24.4 Å². The molecule has 1 amide bonds. The summed E-state index contributed by atoms with van der Waals surface area (Å²) < 4.78 is 33.0. The van der Waals surface area contributed by atoms with E-state index in [1.165, 1.54) is 11.0 Å². The van der Waals surface area contributed by atoms with E-state index in [1.54, 1.807) is 6.20 Å². The standard InChI is InChI=1S/C17H16F2N4O2/c18-12-2-1-3-13(19)15(12)16(24)23-9-11-8-20-17(21-14(11)10-23)22-4-6-25-7-5-22/h1-3,8H,4-7,9-10H2. The predicted molar refractivity (Wildman–Crippen MR) is 85.0 cm³/mol. The summed E-state index contributed by atoms with van der Waals surface area (Å²) in [5, 5.41) is 0.